The van der Waals surface area contributed by atoms with Crippen LogP contribution in [-0.2, 0) is 11.2 Å². The molecule has 0 fully saturated rings. The van der Waals surface area contributed by atoms with Crippen LogP contribution in [0.3, 0.4) is 0 Å². The van der Waals surface area contributed by atoms with Gasteiger partial charge in [0.05, 0.1) is 24.0 Å². The molecule has 0 saturated carbocycles. The quantitative estimate of drug-likeness (QED) is 0.523. The van der Waals surface area contributed by atoms with E-state index in [4.69, 9.17) is 4.74 Å². The first-order valence-electron chi connectivity index (χ1n) is 9.41. The van der Waals surface area contributed by atoms with Gasteiger partial charge in [0.25, 0.3) is 0 Å². The minimum atomic E-state index is -0.353. The van der Waals surface area contributed by atoms with E-state index in [-0.39, 0.29) is 5.97 Å². The number of carbonyl (C=O) groups is 1. The Kier molecular flexibility index (Phi) is 4.69. The maximum atomic E-state index is 12.2. The molecule has 0 atom stereocenters. The Morgan fingerprint density at radius 2 is 2.11 bits per heavy atom. The molecule has 0 aliphatic heterocycles. The summed E-state index contributed by atoms with van der Waals surface area (Å²) in [6.07, 6.45) is 5.99. The topological polar surface area (TPSA) is 72.8 Å². The summed E-state index contributed by atoms with van der Waals surface area (Å²) >= 11 is 0. The summed E-state index contributed by atoms with van der Waals surface area (Å²) in [6.45, 7) is 6.21. The van der Waals surface area contributed by atoms with Gasteiger partial charge < -0.3 is 9.72 Å². The molecular weight excluding hydrogens is 352 g/mol. The predicted molar refractivity (Wildman–Crippen MR) is 109 cm³/mol. The number of aromatic nitrogens is 4. The van der Waals surface area contributed by atoms with Gasteiger partial charge in [0.1, 0.15) is 5.56 Å². The van der Waals surface area contributed by atoms with Crippen LogP contribution in [0.4, 0.5) is 0 Å². The first-order chi connectivity index (χ1) is 13.6. The Morgan fingerprint density at radius 1 is 1.25 bits per heavy atom. The van der Waals surface area contributed by atoms with Crippen molar-refractivity contribution < 1.29 is 9.53 Å². The number of aromatic amines is 1. The lowest BCUT2D eigenvalue weighted by molar-refractivity contribution is 0.0525. The third kappa shape index (κ3) is 2.97. The molecule has 6 nitrogen and oxygen atoms in total. The van der Waals surface area contributed by atoms with Gasteiger partial charge in [-0.2, -0.15) is 5.10 Å². The minimum Gasteiger partial charge on any atom is -0.462 e. The van der Waals surface area contributed by atoms with Crippen molar-refractivity contribution in [1.29, 1.82) is 0 Å². The predicted octanol–water partition coefficient (Wildman–Crippen LogP) is 4.46. The summed E-state index contributed by atoms with van der Waals surface area (Å²) in [5.41, 5.74) is 5.72. The summed E-state index contributed by atoms with van der Waals surface area (Å²) < 4.78 is 6.86. The lowest BCUT2D eigenvalue weighted by Crippen LogP contribution is -2.09. The van der Waals surface area contributed by atoms with Gasteiger partial charge in [0, 0.05) is 23.3 Å². The van der Waals surface area contributed by atoms with Crippen LogP contribution in [0.15, 0.2) is 48.9 Å². The van der Waals surface area contributed by atoms with E-state index < -0.39 is 0 Å². The van der Waals surface area contributed by atoms with Gasteiger partial charge in [-0.05, 0) is 43.5 Å². The first-order valence-corrected chi connectivity index (χ1v) is 9.41. The highest BCUT2D eigenvalue weighted by molar-refractivity contribution is 5.96. The lowest BCUT2D eigenvalue weighted by Gasteiger charge is -2.09. The molecule has 0 bridgehead atoms. The molecule has 1 aromatic carbocycles. The average Bonchev–Trinajstić information content (AvgIpc) is 3.32. The van der Waals surface area contributed by atoms with Gasteiger partial charge in [-0.1, -0.05) is 25.1 Å². The first kappa shape index (κ1) is 18.0. The molecule has 28 heavy (non-hydrogen) atoms. The fourth-order valence-electron chi connectivity index (χ4n) is 3.53. The van der Waals surface area contributed by atoms with Crippen molar-refractivity contribution >= 4 is 16.9 Å². The number of nitrogens with one attached hydrogen (secondary N) is 1. The summed E-state index contributed by atoms with van der Waals surface area (Å²) in [7, 11) is 0. The fraction of sp³-hybridized carbons (Fsp3) is 0.227. The molecule has 142 valence electrons. The molecule has 0 aliphatic carbocycles. The number of carbonyl (C=O) groups excluding carboxylic acids is 1. The number of H-pyrrole nitrogens is 1. The van der Waals surface area contributed by atoms with Crippen LogP contribution < -0.4 is 0 Å². The highest BCUT2D eigenvalue weighted by Crippen LogP contribution is 2.30. The molecule has 3 heterocycles. The molecular formula is C22H22N4O2. The molecule has 4 aromatic rings. The van der Waals surface area contributed by atoms with E-state index in [0.29, 0.717) is 24.4 Å². The van der Waals surface area contributed by atoms with Crippen molar-refractivity contribution in [3.63, 3.8) is 0 Å². The van der Waals surface area contributed by atoms with E-state index in [1.165, 1.54) is 10.9 Å². The smallest absolute Gasteiger partial charge is 0.341 e. The SMILES string of the molecule is CCOC(=O)c1cnn(-c2cc(-c3cccc4c(C)c[nH]c34)ccn2)c1CC. The number of fused-ring (bicyclic) bond motifs is 1. The second-order valence-corrected chi connectivity index (χ2v) is 6.59. The Labute approximate surface area is 163 Å². The van der Waals surface area contributed by atoms with Crippen molar-refractivity contribution in [3.05, 3.63) is 65.7 Å². The standard InChI is InChI=1S/C22H22N4O2/c1-4-19-18(22(27)28-5-2)13-25-26(19)20-11-15(9-10-23-20)17-8-6-7-16-14(3)12-24-21(16)17/h6-13,24H,4-5H2,1-3H3. The number of nitrogens with zero attached hydrogens (tertiary/aromatic N) is 3. The second kappa shape index (κ2) is 7.31. The van der Waals surface area contributed by atoms with Crippen LogP contribution in [0.25, 0.3) is 27.8 Å². The van der Waals surface area contributed by atoms with Crippen LogP contribution in [-0.4, -0.2) is 32.3 Å². The number of para-hydroxylation sites is 1. The largest absolute Gasteiger partial charge is 0.462 e. The van der Waals surface area contributed by atoms with E-state index >= 15 is 0 Å². The lowest BCUT2D eigenvalue weighted by atomic mass is 10.0. The molecule has 0 radical (unpaired) electrons. The number of rotatable bonds is 5. The summed E-state index contributed by atoms with van der Waals surface area (Å²) in [5.74, 6) is 0.318. The molecule has 6 heteroatoms. The fourth-order valence-corrected chi connectivity index (χ4v) is 3.53. The van der Waals surface area contributed by atoms with E-state index in [1.807, 2.05) is 25.3 Å². The molecule has 0 spiro atoms. The normalized spacial score (nSPS) is 11.1. The summed E-state index contributed by atoms with van der Waals surface area (Å²) in [5, 5.41) is 5.61. The third-order valence-electron chi connectivity index (χ3n) is 4.89. The highest BCUT2D eigenvalue weighted by atomic mass is 16.5. The van der Waals surface area contributed by atoms with Gasteiger partial charge in [-0.25, -0.2) is 14.5 Å². The van der Waals surface area contributed by atoms with Gasteiger partial charge >= 0.3 is 5.97 Å². The van der Waals surface area contributed by atoms with E-state index in [9.17, 15) is 4.79 Å². The molecule has 3 aromatic heterocycles. The molecule has 0 amide bonds. The monoisotopic (exact) mass is 374 g/mol. The number of ether oxygens (including phenoxy) is 1. The minimum absolute atomic E-state index is 0.334. The van der Waals surface area contributed by atoms with Crippen LogP contribution in [0.5, 0.6) is 0 Å². The van der Waals surface area contributed by atoms with E-state index in [2.05, 4.69) is 40.2 Å². The zero-order chi connectivity index (χ0) is 19.7. The van der Waals surface area contributed by atoms with E-state index in [1.54, 1.807) is 24.0 Å². The number of esters is 1. The molecule has 0 unspecified atom stereocenters. The second-order valence-electron chi connectivity index (χ2n) is 6.59. The zero-order valence-corrected chi connectivity index (χ0v) is 16.2. The van der Waals surface area contributed by atoms with Gasteiger partial charge in [0.2, 0.25) is 0 Å². The van der Waals surface area contributed by atoms with Crippen LogP contribution in [0, 0.1) is 6.92 Å². The molecule has 4 rings (SSSR count). The molecule has 1 N–H and O–H groups in total. The molecule has 0 saturated heterocycles. The van der Waals surface area contributed by atoms with Gasteiger partial charge in [-0.15, -0.1) is 0 Å². The van der Waals surface area contributed by atoms with Crippen molar-refractivity contribution in [2.24, 2.45) is 0 Å². The number of benzene rings is 1. The summed E-state index contributed by atoms with van der Waals surface area (Å²) in [4.78, 5) is 20.1. The van der Waals surface area contributed by atoms with E-state index in [0.717, 1.165) is 22.3 Å². The molecule has 0 aliphatic rings. The number of hydrogen-bond donors (Lipinski definition) is 1. The van der Waals surface area contributed by atoms with Crippen LogP contribution in [0.1, 0.15) is 35.5 Å². The Morgan fingerprint density at radius 3 is 2.89 bits per heavy atom. The average molecular weight is 374 g/mol. The number of hydrogen-bond acceptors (Lipinski definition) is 4. The van der Waals surface area contributed by atoms with Crippen molar-refractivity contribution in [3.8, 4) is 16.9 Å². The highest BCUT2D eigenvalue weighted by Gasteiger charge is 2.19. The van der Waals surface area contributed by atoms with Crippen molar-refractivity contribution in [2.75, 3.05) is 6.61 Å². The Balaban J connectivity index is 1.81. The van der Waals surface area contributed by atoms with Crippen LogP contribution >= 0.6 is 0 Å². The number of aryl methyl sites for hydroxylation is 1. The third-order valence-corrected chi connectivity index (χ3v) is 4.89. The Bertz CT molecular complexity index is 1160. The Hall–Kier alpha value is -3.41. The zero-order valence-electron chi connectivity index (χ0n) is 16.2. The number of pyridine rings is 1. The maximum absolute atomic E-state index is 12.2. The van der Waals surface area contributed by atoms with Crippen molar-refractivity contribution in [2.45, 2.75) is 27.2 Å². The maximum Gasteiger partial charge on any atom is 0.341 e. The van der Waals surface area contributed by atoms with Crippen molar-refractivity contribution in [1.82, 2.24) is 19.7 Å². The summed E-state index contributed by atoms with van der Waals surface area (Å²) in [6, 6.07) is 10.2. The van der Waals surface area contributed by atoms with Crippen LogP contribution in [0.2, 0.25) is 0 Å². The van der Waals surface area contributed by atoms with Gasteiger partial charge in [0.15, 0.2) is 5.82 Å². The van der Waals surface area contributed by atoms with Gasteiger partial charge in [-0.3, -0.25) is 0 Å².